The predicted octanol–water partition coefficient (Wildman–Crippen LogP) is 1.37. The van der Waals surface area contributed by atoms with Crippen molar-refractivity contribution in [2.45, 2.75) is 38.8 Å². The van der Waals surface area contributed by atoms with Gasteiger partial charge >= 0.3 is 0 Å². The third kappa shape index (κ3) is 2.87. The maximum absolute atomic E-state index is 5.87. The van der Waals surface area contributed by atoms with E-state index in [0.29, 0.717) is 18.1 Å². The van der Waals surface area contributed by atoms with Crippen LogP contribution in [0.4, 0.5) is 0 Å². The number of imidazole rings is 1. The first-order chi connectivity index (χ1) is 8.22. The van der Waals surface area contributed by atoms with Gasteiger partial charge < -0.3 is 14.6 Å². The average molecular weight is 237 g/mol. The lowest BCUT2D eigenvalue weighted by Gasteiger charge is -2.26. The maximum atomic E-state index is 5.87. The van der Waals surface area contributed by atoms with Crippen LogP contribution in [-0.4, -0.2) is 34.8 Å². The van der Waals surface area contributed by atoms with Crippen LogP contribution in [0.5, 0.6) is 0 Å². The zero-order valence-corrected chi connectivity index (χ0v) is 11.0. The molecule has 0 saturated carbocycles. The van der Waals surface area contributed by atoms with Crippen molar-refractivity contribution >= 4 is 0 Å². The van der Waals surface area contributed by atoms with E-state index < -0.39 is 0 Å². The van der Waals surface area contributed by atoms with Crippen LogP contribution in [0.25, 0.3) is 0 Å². The van der Waals surface area contributed by atoms with Gasteiger partial charge in [-0.25, -0.2) is 4.98 Å². The molecule has 2 rings (SSSR count). The number of nitrogens with zero attached hydrogens (tertiary/aromatic N) is 2. The summed E-state index contributed by atoms with van der Waals surface area (Å²) in [5, 5.41) is 3.54. The number of aromatic nitrogens is 2. The molecule has 1 saturated heterocycles. The first-order valence-electron chi connectivity index (χ1n) is 6.53. The van der Waals surface area contributed by atoms with Gasteiger partial charge in [-0.2, -0.15) is 0 Å². The van der Waals surface area contributed by atoms with Crippen molar-refractivity contribution in [3.05, 3.63) is 18.2 Å². The third-order valence-electron chi connectivity index (χ3n) is 3.63. The molecule has 1 aromatic rings. The summed E-state index contributed by atoms with van der Waals surface area (Å²) in [6.45, 7) is 6.29. The van der Waals surface area contributed by atoms with Crippen LogP contribution in [0.3, 0.4) is 0 Å². The van der Waals surface area contributed by atoms with Crippen molar-refractivity contribution in [2.24, 2.45) is 13.0 Å². The number of hydrogen-bond donors (Lipinski definition) is 1. The summed E-state index contributed by atoms with van der Waals surface area (Å²) in [5.41, 5.74) is 0. The van der Waals surface area contributed by atoms with Gasteiger partial charge in [0.05, 0.1) is 6.10 Å². The Hall–Kier alpha value is -0.870. The van der Waals surface area contributed by atoms with Crippen LogP contribution in [-0.2, 0) is 18.2 Å². The van der Waals surface area contributed by atoms with Crippen LogP contribution < -0.4 is 5.32 Å². The lowest BCUT2D eigenvalue weighted by molar-refractivity contribution is 0.0607. The second-order valence-electron chi connectivity index (χ2n) is 4.92. The van der Waals surface area contributed by atoms with Gasteiger partial charge in [0.15, 0.2) is 0 Å². The van der Waals surface area contributed by atoms with Crippen LogP contribution in [0, 0.1) is 5.92 Å². The topological polar surface area (TPSA) is 39.1 Å². The minimum atomic E-state index is 0.326. The van der Waals surface area contributed by atoms with E-state index in [1.54, 1.807) is 0 Å². The van der Waals surface area contributed by atoms with E-state index in [4.69, 9.17) is 4.74 Å². The molecule has 4 heteroatoms. The lowest BCUT2D eigenvalue weighted by atomic mass is 9.95. The van der Waals surface area contributed by atoms with Gasteiger partial charge in [0.2, 0.25) is 0 Å². The molecule has 2 heterocycles. The van der Waals surface area contributed by atoms with Gasteiger partial charge in [0, 0.05) is 38.5 Å². The Morgan fingerprint density at radius 3 is 3.00 bits per heavy atom. The van der Waals surface area contributed by atoms with E-state index in [9.17, 15) is 0 Å². The Morgan fingerprint density at radius 1 is 1.65 bits per heavy atom. The molecule has 0 spiro atoms. The summed E-state index contributed by atoms with van der Waals surface area (Å²) in [6, 6.07) is 0.374. The Labute approximate surface area is 103 Å². The number of ether oxygens (including phenoxy) is 1. The van der Waals surface area contributed by atoms with E-state index in [-0.39, 0.29) is 0 Å². The Balaban J connectivity index is 2.04. The summed E-state index contributed by atoms with van der Waals surface area (Å²) in [4.78, 5) is 4.40. The smallest absolute Gasteiger partial charge is 0.110 e. The predicted molar refractivity (Wildman–Crippen MR) is 67.9 cm³/mol. The Kier molecular flexibility index (Phi) is 4.18. The van der Waals surface area contributed by atoms with Crippen molar-refractivity contribution in [2.75, 3.05) is 13.2 Å². The molecule has 1 fully saturated rings. The van der Waals surface area contributed by atoms with Crippen molar-refractivity contribution < 1.29 is 4.74 Å². The monoisotopic (exact) mass is 237 g/mol. The fourth-order valence-electron chi connectivity index (χ4n) is 2.59. The molecule has 1 N–H and O–H groups in total. The fraction of sp³-hybridized carbons (Fsp3) is 0.769. The number of nitrogens with one attached hydrogen (secondary N) is 1. The highest BCUT2D eigenvalue weighted by molar-refractivity contribution is 4.98. The van der Waals surface area contributed by atoms with E-state index in [2.05, 4.69) is 28.7 Å². The van der Waals surface area contributed by atoms with Crippen molar-refractivity contribution in [1.29, 1.82) is 0 Å². The largest absolute Gasteiger partial charge is 0.376 e. The maximum Gasteiger partial charge on any atom is 0.110 e. The number of hydrogen-bond acceptors (Lipinski definition) is 3. The van der Waals surface area contributed by atoms with E-state index in [1.807, 2.05) is 19.4 Å². The molecule has 1 aliphatic heterocycles. The highest BCUT2D eigenvalue weighted by Gasteiger charge is 2.32. The molecule has 1 aromatic heterocycles. The van der Waals surface area contributed by atoms with Crippen LogP contribution in [0.2, 0.25) is 0 Å². The van der Waals surface area contributed by atoms with Gasteiger partial charge in [0.1, 0.15) is 5.82 Å². The lowest BCUT2D eigenvalue weighted by Crippen LogP contribution is -2.44. The molecular weight excluding hydrogens is 214 g/mol. The van der Waals surface area contributed by atoms with Crippen molar-refractivity contribution in [3.8, 4) is 0 Å². The second kappa shape index (κ2) is 5.65. The average Bonchev–Trinajstić information content (AvgIpc) is 2.88. The molecule has 0 aliphatic carbocycles. The minimum Gasteiger partial charge on any atom is -0.376 e. The molecule has 1 aliphatic rings. The van der Waals surface area contributed by atoms with Gasteiger partial charge in [-0.3, -0.25) is 0 Å². The van der Waals surface area contributed by atoms with Crippen LogP contribution >= 0.6 is 0 Å². The molecule has 3 unspecified atom stereocenters. The summed E-state index contributed by atoms with van der Waals surface area (Å²) < 4.78 is 7.96. The van der Waals surface area contributed by atoms with E-state index in [1.165, 1.54) is 6.42 Å². The summed E-state index contributed by atoms with van der Waals surface area (Å²) in [7, 11) is 2.05. The second-order valence-corrected chi connectivity index (χ2v) is 4.92. The molecule has 0 aromatic carbocycles. The van der Waals surface area contributed by atoms with Gasteiger partial charge in [-0.05, 0) is 18.9 Å². The minimum absolute atomic E-state index is 0.326. The Morgan fingerprint density at radius 2 is 2.47 bits per heavy atom. The van der Waals surface area contributed by atoms with E-state index in [0.717, 1.165) is 25.4 Å². The highest BCUT2D eigenvalue weighted by Crippen LogP contribution is 2.24. The molecule has 17 heavy (non-hydrogen) atoms. The summed E-state index contributed by atoms with van der Waals surface area (Å²) in [5.74, 6) is 1.76. The summed E-state index contributed by atoms with van der Waals surface area (Å²) in [6.07, 6.45) is 6.29. The van der Waals surface area contributed by atoms with Gasteiger partial charge in [0.25, 0.3) is 0 Å². The third-order valence-corrected chi connectivity index (χ3v) is 3.63. The fourth-order valence-corrected chi connectivity index (χ4v) is 2.59. The normalized spacial score (nSPS) is 26.3. The molecule has 96 valence electrons. The number of aryl methyl sites for hydroxylation is 1. The zero-order chi connectivity index (χ0) is 12.3. The van der Waals surface area contributed by atoms with Gasteiger partial charge in [-0.1, -0.05) is 13.8 Å². The standard InChI is InChI=1S/C13H23N3O/c1-4-14-11(13-10(2)5-8-17-13)9-12-15-6-7-16(12)3/h6-7,10-11,13-14H,4-5,8-9H2,1-3H3. The zero-order valence-electron chi connectivity index (χ0n) is 11.0. The SMILES string of the molecule is CCNC(Cc1nccn1C)C1OCCC1C. The molecular formula is C13H23N3O. The molecule has 0 bridgehead atoms. The summed E-state index contributed by atoms with van der Waals surface area (Å²) >= 11 is 0. The quantitative estimate of drug-likeness (QED) is 0.840. The molecule has 4 nitrogen and oxygen atoms in total. The molecule has 0 radical (unpaired) electrons. The van der Waals surface area contributed by atoms with E-state index >= 15 is 0 Å². The van der Waals surface area contributed by atoms with Gasteiger partial charge in [-0.15, -0.1) is 0 Å². The number of likely N-dealkylation sites (N-methyl/N-ethyl adjacent to an activating group) is 1. The molecule has 3 atom stereocenters. The highest BCUT2D eigenvalue weighted by atomic mass is 16.5. The molecule has 0 amide bonds. The Bertz CT molecular complexity index is 350. The van der Waals surface area contributed by atoms with Crippen molar-refractivity contribution in [1.82, 2.24) is 14.9 Å². The van der Waals surface area contributed by atoms with Crippen LogP contribution in [0.1, 0.15) is 26.1 Å². The van der Waals surface area contributed by atoms with Crippen LogP contribution in [0.15, 0.2) is 12.4 Å². The van der Waals surface area contributed by atoms with Crippen molar-refractivity contribution in [3.63, 3.8) is 0 Å². The first-order valence-corrected chi connectivity index (χ1v) is 6.53. The number of rotatable bonds is 5. The first kappa shape index (κ1) is 12.6.